The second-order valence-electron chi connectivity index (χ2n) is 6.81. The van der Waals surface area contributed by atoms with Crippen molar-refractivity contribution < 1.29 is 14.3 Å². The molecule has 1 heterocycles. The summed E-state index contributed by atoms with van der Waals surface area (Å²) in [7, 11) is 3.22. The largest absolute Gasteiger partial charge is 0.497 e. The van der Waals surface area contributed by atoms with Gasteiger partial charge in [0.1, 0.15) is 11.5 Å². The minimum absolute atomic E-state index is 0.0797. The molecule has 1 aromatic heterocycles. The number of rotatable bonds is 8. The number of methoxy groups -OCH3 is 2. The summed E-state index contributed by atoms with van der Waals surface area (Å²) in [6.07, 6.45) is 0. The number of benzene rings is 2. The summed E-state index contributed by atoms with van der Waals surface area (Å²) in [5, 5.41) is 12.3. The van der Waals surface area contributed by atoms with E-state index >= 15 is 0 Å². The van der Waals surface area contributed by atoms with E-state index in [1.54, 1.807) is 14.2 Å². The van der Waals surface area contributed by atoms with Gasteiger partial charge in [-0.3, -0.25) is 4.79 Å². The highest BCUT2D eigenvalue weighted by Crippen LogP contribution is 2.31. The molecule has 8 heteroatoms. The van der Waals surface area contributed by atoms with Crippen LogP contribution in [0.4, 0.5) is 5.69 Å². The molecule has 30 heavy (non-hydrogen) atoms. The zero-order valence-corrected chi connectivity index (χ0v) is 18.7. The molecule has 0 aliphatic rings. The summed E-state index contributed by atoms with van der Waals surface area (Å²) < 4.78 is 12.7. The van der Waals surface area contributed by atoms with E-state index < -0.39 is 0 Å². The van der Waals surface area contributed by atoms with Gasteiger partial charge in [-0.1, -0.05) is 23.9 Å². The normalized spacial score (nSPS) is 10.7. The summed E-state index contributed by atoms with van der Waals surface area (Å²) in [5.74, 6) is 2.22. The van der Waals surface area contributed by atoms with E-state index in [0.29, 0.717) is 29.0 Å². The second kappa shape index (κ2) is 9.67. The lowest BCUT2D eigenvalue weighted by Gasteiger charge is -2.11. The van der Waals surface area contributed by atoms with Gasteiger partial charge in [-0.15, -0.1) is 10.2 Å². The van der Waals surface area contributed by atoms with Crippen molar-refractivity contribution >= 4 is 23.4 Å². The van der Waals surface area contributed by atoms with Crippen LogP contribution in [0.25, 0.3) is 11.4 Å². The van der Waals surface area contributed by atoms with Crippen LogP contribution in [0.5, 0.6) is 11.5 Å². The van der Waals surface area contributed by atoms with Crippen LogP contribution < -0.4 is 14.8 Å². The maximum Gasteiger partial charge on any atom is 0.234 e. The van der Waals surface area contributed by atoms with Crippen molar-refractivity contribution in [2.45, 2.75) is 32.5 Å². The first-order chi connectivity index (χ1) is 14.4. The van der Waals surface area contributed by atoms with Gasteiger partial charge in [0.2, 0.25) is 5.91 Å². The zero-order valence-electron chi connectivity index (χ0n) is 17.9. The van der Waals surface area contributed by atoms with E-state index in [1.165, 1.54) is 11.8 Å². The van der Waals surface area contributed by atoms with Gasteiger partial charge in [-0.25, -0.2) is 0 Å². The Hall–Kier alpha value is -3.00. The van der Waals surface area contributed by atoms with Crippen molar-refractivity contribution in [1.82, 2.24) is 14.8 Å². The molecule has 158 valence electrons. The molecule has 3 rings (SSSR count). The molecular formula is C22H26N4O3S. The van der Waals surface area contributed by atoms with Crippen molar-refractivity contribution in [3.63, 3.8) is 0 Å². The van der Waals surface area contributed by atoms with E-state index in [0.717, 1.165) is 22.4 Å². The average molecular weight is 427 g/mol. The number of anilines is 1. The van der Waals surface area contributed by atoms with Crippen molar-refractivity contribution in [3.05, 3.63) is 47.5 Å². The standard InChI is InChI=1S/C22H26N4O3S/c1-6-26-21(16-10-17(28-4)12-18(11-16)29-5)24-25-22(26)30-13-20(27)23-19-9-14(2)7-8-15(19)3/h7-12H,6,13H2,1-5H3,(H,23,27). The van der Waals surface area contributed by atoms with E-state index in [4.69, 9.17) is 9.47 Å². The minimum Gasteiger partial charge on any atom is -0.497 e. The Kier molecular flexibility index (Phi) is 6.99. The van der Waals surface area contributed by atoms with Gasteiger partial charge in [-0.2, -0.15) is 0 Å². The van der Waals surface area contributed by atoms with Crippen LogP contribution in [-0.2, 0) is 11.3 Å². The quantitative estimate of drug-likeness (QED) is 0.540. The molecule has 0 atom stereocenters. The Balaban J connectivity index is 1.76. The van der Waals surface area contributed by atoms with Crippen LogP contribution in [0, 0.1) is 13.8 Å². The SMILES string of the molecule is CCn1c(SCC(=O)Nc2cc(C)ccc2C)nnc1-c1cc(OC)cc(OC)c1. The van der Waals surface area contributed by atoms with Crippen molar-refractivity contribution in [2.24, 2.45) is 0 Å². The number of carbonyl (C=O) groups is 1. The lowest BCUT2D eigenvalue weighted by Crippen LogP contribution is -2.15. The van der Waals surface area contributed by atoms with Crippen LogP contribution in [0.1, 0.15) is 18.1 Å². The van der Waals surface area contributed by atoms with Crippen molar-refractivity contribution in [2.75, 3.05) is 25.3 Å². The van der Waals surface area contributed by atoms with E-state index in [-0.39, 0.29) is 11.7 Å². The topological polar surface area (TPSA) is 78.3 Å². The second-order valence-corrected chi connectivity index (χ2v) is 7.75. The van der Waals surface area contributed by atoms with E-state index in [2.05, 4.69) is 15.5 Å². The van der Waals surface area contributed by atoms with Crippen molar-refractivity contribution in [1.29, 1.82) is 0 Å². The fourth-order valence-corrected chi connectivity index (χ4v) is 3.82. The monoisotopic (exact) mass is 426 g/mol. The molecule has 3 aromatic rings. The Labute approximate surface area is 180 Å². The Morgan fingerprint density at radius 2 is 1.77 bits per heavy atom. The molecule has 7 nitrogen and oxygen atoms in total. The number of amides is 1. The number of nitrogens with one attached hydrogen (secondary N) is 1. The van der Waals surface area contributed by atoms with Crippen molar-refractivity contribution in [3.8, 4) is 22.9 Å². The third-order valence-electron chi connectivity index (χ3n) is 4.64. The maximum atomic E-state index is 12.5. The number of hydrogen-bond donors (Lipinski definition) is 1. The van der Waals surface area contributed by atoms with Gasteiger partial charge in [0.25, 0.3) is 0 Å². The number of thioether (sulfide) groups is 1. The highest BCUT2D eigenvalue weighted by Gasteiger charge is 2.16. The fourth-order valence-electron chi connectivity index (χ4n) is 3.02. The number of hydrogen-bond acceptors (Lipinski definition) is 6. The number of carbonyl (C=O) groups excluding carboxylic acids is 1. The smallest absolute Gasteiger partial charge is 0.234 e. The maximum absolute atomic E-state index is 12.5. The molecule has 0 aliphatic carbocycles. The van der Waals surface area contributed by atoms with Gasteiger partial charge in [0.15, 0.2) is 11.0 Å². The number of aromatic nitrogens is 3. The highest BCUT2D eigenvalue weighted by atomic mass is 32.2. The third kappa shape index (κ3) is 4.94. The van der Waals surface area contributed by atoms with Gasteiger partial charge >= 0.3 is 0 Å². The Bertz CT molecular complexity index is 1030. The lowest BCUT2D eigenvalue weighted by molar-refractivity contribution is -0.113. The van der Waals surface area contributed by atoms with Crippen LogP contribution >= 0.6 is 11.8 Å². The molecule has 0 aliphatic heterocycles. The molecule has 2 aromatic carbocycles. The first-order valence-electron chi connectivity index (χ1n) is 9.61. The molecule has 0 fully saturated rings. The summed E-state index contributed by atoms with van der Waals surface area (Å²) >= 11 is 1.36. The molecule has 0 bridgehead atoms. The lowest BCUT2D eigenvalue weighted by atomic mass is 10.1. The van der Waals surface area contributed by atoms with Crippen LogP contribution in [0.2, 0.25) is 0 Å². The number of ether oxygens (including phenoxy) is 2. The van der Waals surface area contributed by atoms with Crippen LogP contribution in [-0.4, -0.2) is 40.6 Å². The Morgan fingerprint density at radius 1 is 1.07 bits per heavy atom. The van der Waals surface area contributed by atoms with Crippen LogP contribution in [0.15, 0.2) is 41.6 Å². The first-order valence-corrected chi connectivity index (χ1v) is 10.6. The average Bonchev–Trinajstić information content (AvgIpc) is 3.17. The number of aryl methyl sites for hydroxylation is 2. The van der Waals surface area contributed by atoms with E-state index in [9.17, 15) is 4.79 Å². The number of nitrogens with zero attached hydrogens (tertiary/aromatic N) is 3. The Morgan fingerprint density at radius 3 is 2.40 bits per heavy atom. The first kappa shape index (κ1) is 21.7. The molecular weight excluding hydrogens is 400 g/mol. The fraction of sp³-hybridized carbons (Fsp3) is 0.318. The minimum atomic E-state index is -0.0797. The summed E-state index contributed by atoms with van der Waals surface area (Å²) in [4.78, 5) is 12.5. The third-order valence-corrected chi connectivity index (χ3v) is 5.61. The van der Waals surface area contributed by atoms with Gasteiger partial charge in [0, 0.05) is 23.9 Å². The summed E-state index contributed by atoms with van der Waals surface area (Å²) in [6.45, 7) is 6.67. The highest BCUT2D eigenvalue weighted by molar-refractivity contribution is 7.99. The van der Waals surface area contributed by atoms with Gasteiger partial charge in [-0.05, 0) is 50.1 Å². The zero-order chi connectivity index (χ0) is 21.7. The molecule has 0 radical (unpaired) electrons. The molecule has 1 N–H and O–H groups in total. The summed E-state index contributed by atoms with van der Waals surface area (Å²) in [5.41, 5.74) is 3.81. The van der Waals surface area contributed by atoms with Gasteiger partial charge in [0.05, 0.1) is 20.0 Å². The van der Waals surface area contributed by atoms with Gasteiger partial charge < -0.3 is 19.4 Å². The van der Waals surface area contributed by atoms with Crippen LogP contribution in [0.3, 0.4) is 0 Å². The molecule has 0 unspecified atom stereocenters. The molecule has 0 saturated heterocycles. The molecule has 0 spiro atoms. The van der Waals surface area contributed by atoms with E-state index in [1.807, 2.05) is 61.7 Å². The molecule has 1 amide bonds. The molecule has 0 saturated carbocycles. The predicted molar refractivity (Wildman–Crippen MR) is 120 cm³/mol. The summed E-state index contributed by atoms with van der Waals surface area (Å²) in [6, 6.07) is 11.6. The predicted octanol–water partition coefficient (Wildman–Crippen LogP) is 4.33.